The van der Waals surface area contributed by atoms with Gasteiger partial charge in [0.2, 0.25) is 0 Å². The zero-order valence-electron chi connectivity index (χ0n) is 18.5. The number of rotatable bonds is 3. The first kappa shape index (κ1) is 27.9. The fraction of sp³-hybridized carbons (Fsp3) is 0.192. The van der Waals surface area contributed by atoms with Crippen molar-refractivity contribution in [3.05, 3.63) is 89.5 Å². The standard InChI is InChI=1S/C26H19F6.2ClH.Zr/c1-15(2)22-9-8-17-10-18(16-6-4-3-5-7-16)13-23(17)24(22)19-11-20(25(27,28)29)14-21(12-19)26(30,31)32;;;/h3-15H,1-2H3;2*1H;/q-1;;;+2/p-2. The summed E-state index contributed by atoms with van der Waals surface area (Å²) in [7, 11) is 9.87. The Hall–Kier alpha value is -1.69. The molecule has 0 bridgehead atoms. The number of hydrogen-bond donors (Lipinski definition) is 0. The van der Waals surface area contributed by atoms with Gasteiger partial charge in [-0.15, -0.1) is 34.5 Å². The van der Waals surface area contributed by atoms with Crippen LogP contribution in [-0.2, 0) is 33.2 Å². The van der Waals surface area contributed by atoms with Gasteiger partial charge in [0.25, 0.3) is 0 Å². The van der Waals surface area contributed by atoms with Gasteiger partial charge in [-0.1, -0.05) is 61.4 Å². The van der Waals surface area contributed by atoms with Crippen LogP contribution in [-0.4, -0.2) is 0 Å². The van der Waals surface area contributed by atoms with E-state index in [0.717, 1.165) is 28.6 Å². The van der Waals surface area contributed by atoms with Crippen molar-refractivity contribution in [1.29, 1.82) is 0 Å². The van der Waals surface area contributed by atoms with Gasteiger partial charge in [0.1, 0.15) is 0 Å². The van der Waals surface area contributed by atoms with E-state index in [0.29, 0.717) is 16.5 Å². The van der Waals surface area contributed by atoms with Gasteiger partial charge in [-0.05, 0) is 35.2 Å². The zero-order valence-corrected chi connectivity index (χ0v) is 22.5. The van der Waals surface area contributed by atoms with Crippen molar-refractivity contribution in [3.63, 3.8) is 0 Å². The van der Waals surface area contributed by atoms with E-state index in [-0.39, 0.29) is 17.5 Å². The fourth-order valence-electron chi connectivity index (χ4n) is 4.00. The van der Waals surface area contributed by atoms with E-state index in [4.69, 9.17) is 17.0 Å². The zero-order chi connectivity index (χ0) is 26.0. The number of hydrogen-bond acceptors (Lipinski definition) is 0. The van der Waals surface area contributed by atoms with Gasteiger partial charge >= 0.3 is 50.2 Å². The molecule has 0 heterocycles. The predicted molar refractivity (Wildman–Crippen MR) is 126 cm³/mol. The van der Waals surface area contributed by atoms with E-state index in [9.17, 15) is 26.3 Å². The molecular formula is C26H19Cl2F6Zr-. The maximum absolute atomic E-state index is 13.5. The average molecular weight is 608 g/mol. The van der Waals surface area contributed by atoms with Crippen molar-refractivity contribution in [1.82, 2.24) is 0 Å². The molecule has 9 heteroatoms. The summed E-state index contributed by atoms with van der Waals surface area (Å²) in [6, 6.07) is 18.6. The van der Waals surface area contributed by atoms with Gasteiger partial charge < -0.3 is 0 Å². The summed E-state index contributed by atoms with van der Waals surface area (Å²) in [5, 5.41) is 1.39. The number of fused-ring (bicyclic) bond motifs is 1. The second kappa shape index (κ2) is 11.1. The second-order valence-corrected chi connectivity index (χ2v) is 11.9. The van der Waals surface area contributed by atoms with Crippen molar-refractivity contribution < 1.29 is 47.2 Å². The molecule has 0 amide bonds. The maximum atomic E-state index is 13.5. The number of halogens is 8. The van der Waals surface area contributed by atoms with Gasteiger partial charge in [0, 0.05) is 0 Å². The molecule has 0 saturated heterocycles. The van der Waals surface area contributed by atoms with Crippen molar-refractivity contribution in [2.24, 2.45) is 0 Å². The minimum atomic E-state index is -4.90. The molecule has 0 fully saturated rings. The van der Waals surface area contributed by atoms with Gasteiger partial charge in [-0.3, -0.25) is 0 Å². The summed E-state index contributed by atoms with van der Waals surface area (Å²) >= 11 is -0.826. The monoisotopic (exact) mass is 605 g/mol. The first-order valence-electron chi connectivity index (χ1n) is 10.4. The summed E-state index contributed by atoms with van der Waals surface area (Å²) < 4.78 is 80.9. The Morgan fingerprint density at radius 3 is 1.77 bits per heavy atom. The Morgan fingerprint density at radius 2 is 1.29 bits per heavy atom. The van der Waals surface area contributed by atoms with Crippen LogP contribution in [0.3, 0.4) is 0 Å². The van der Waals surface area contributed by atoms with E-state index in [2.05, 4.69) is 0 Å². The molecule has 0 radical (unpaired) electrons. The summed E-state index contributed by atoms with van der Waals surface area (Å²) in [6.07, 6.45) is -9.80. The summed E-state index contributed by atoms with van der Waals surface area (Å²) in [6.45, 7) is 3.73. The van der Waals surface area contributed by atoms with Gasteiger partial charge in [0.05, 0.1) is 11.1 Å². The molecule has 0 unspecified atom stereocenters. The molecule has 184 valence electrons. The van der Waals surface area contributed by atoms with Crippen molar-refractivity contribution in [2.75, 3.05) is 0 Å². The molecule has 0 aliphatic carbocycles. The third-order valence-electron chi connectivity index (χ3n) is 5.53. The first-order chi connectivity index (χ1) is 16.4. The van der Waals surface area contributed by atoms with E-state index in [1.807, 2.05) is 62.4 Å². The van der Waals surface area contributed by atoms with Crippen molar-refractivity contribution >= 4 is 27.8 Å². The third kappa shape index (κ3) is 6.55. The van der Waals surface area contributed by atoms with Crippen LogP contribution < -0.4 is 0 Å². The Kier molecular flexibility index (Phi) is 8.88. The van der Waals surface area contributed by atoms with Crippen molar-refractivity contribution in [2.45, 2.75) is 32.1 Å². The Bertz CT molecular complexity index is 1260. The average Bonchev–Trinajstić information content (AvgIpc) is 3.22. The van der Waals surface area contributed by atoms with E-state index < -0.39 is 44.3 Å². The van der Waals surface area contributed by atoms with Crippen LogP contribution in [0.25, 0.3) is 33.0 Å². The summed E-state index contributed by atoms with van der Waals surface area (Å²) in [5.41, 5.74) is 0.136. The molecule has 4 aromatic carbocycles. The van der Waals surface area contributed by atoms with Gasteiger partial charge in [-0.2, -0.15) is 26.3 Å². The van der Waals surface area contributed by atoms with E-state index in [1.165, 1.54) is 0 Å². The van der Waals surface area contributed by atoms with Crippen molar-refractivity contribution in [3.8, 4) is 22.3 Å². The van der Waals surface area contributed by atoms with Crippen LogP contribution in [0.15, 0.2) is 72.8 Å². The molecule has 35 heavy (non-hydrogen) atoms. The van der Waals surface area contributed by atoms with Crippen LogP contribution in [0.1, 0.15) is 36.5 Å². The van der Waals surface area contributed by atoms with E-state index >= 15 is 0 Å². The molecule has 0 nitrogen and oxygen atoms in total. The van der Waals surface area contributed by atoms with Crippen LogP contribution in [0.4, 0.5) is 26.3 Å². The molecule has 0 N–H and O–H groups in total. The summed E-state index contributed by atoms with van der Waals surface area (Å²) in [4.78, 5) is 0. The van der Waals surface area contributed by atoms with Crippen LogP contribution in [0, 0.1) is 0 Å². The molecule has 0 saturated carbocycles. The number of benzene rings is 3. The molecule has 0 aromatic heterocycles. The fourth-order valence-corrected chi connectivity index (χ4v) is 4.00. The SMILES string of the molecule is CC(C)c1ccc2[cH-]c(-c3ccccc3)cc2c1-c1cc(C(F)(F)F)cc(C(F)(F)F)c1.[Cl][Zr][Cl]. The third-order valence-corrected chi connectivity index (χ3v) is 5.53. The predicted octanol–water partition coefficient (Wildman–Crippen LogP) is 10.4. The van der Waals surface area contributed by atoms with Gasteiger partial charge in [-0.25, -0.2) is 0 Å². The minimum absolute atomic E-state index is 0.0911. The number of alkyl halides is 6. The molecule has 0 spiro atoms. The molecule has 4 aromatic rings. The molecule has 0 atom stereocenters. The molecule has 4 rings (SSSR count). The Labute approximate surface area is 217 Å². The Balaban J connectivity index is 0.00000108. The molecular weight excluding hydrogens is 588 g/mol. The molecule has 0 aliphatic rings. The molecule has 0 aliphatic heterocycles. The quantitative estimate of drug-likeness (QED) is 0.161. The normalized spacial score (nSPS) is 12.0. The van der Waals surface area contributed by atoms with Crippen LogP contribution in [0.5, 0.6) is 0 Å². The van der Waals surface area contributed by atoms with Crippen LogP contribution >= 0.6 is 17.0 Å². The van der Waals surface area contributed by atoms with Crippen LogP contribution in [0.2, 0.25) is 0 Å². The van der Waals surface area contributed by atoms with Gasteiger partial charge in [0.15, 0.2) is 0 Å². The second-order valence-electron chi connectivity index (χ2n) is 8.16. The van der Waals surface area contributed by atoms with E-state index in [1.54, 1.807) is 6.07 Å². The summed E-state index contributed by atoms with van der Waals surface area (Å²) in [5.74, 6) is -0.103. The Morgan fingerprint density at radius 1 is 0.743 bits per heavy atom. The topological polar surface area (TPSA) is 0 Å². The first-order valence-corrected chi connectivity index (χ1v) is 16.7.